The lowest BCUT2D eigenvalue weighted by molar-refractivity contribution is 0.354. The van der Waals surface area contributed by atoms with Crippen molar-refractivity contribution in [3.63, 3.8) is 0 Å². The molecule has 0 aromatic heterocycles. The Hall–Kier alpha value is -0.280. The predicted octanol–water partition coefficient (Wildman–Crippen LogP) is 1.83. The van der Waals surface area contributed by atoms with Gasteiger partial charge in [-0.25, -0.2) is 0 Å². The van der Waals surface area contributed by atoms with Crippen LogP contribution in [0, 0.1) is 24.2 Å². The van der Waals surface area contributed by atoms with Crippen molar-refractivity contribution in [2.24, 2.45) is 11.8 Å². The molecule has 0 aliphatic carbocycles. The quantitative estimate of drug-likeness (QED) is 0.437. The van der Waals surface area contributed by atoms with Crippen LogP contribution in [0.15, 0.2) is 0 Å². The number of halogens is 1. The number of rotatable bonds is 1. The largest absolute Gasteiger partial charge is 0.324 e. The average molecular weight is 174 g/mol. The van der Waals surface area contributed by atoms with Gasteiger partial charge >= 0.3 is 0 Å². The maximum absolute atomic E-state index is 12.3. The van der Waals surface area contributed by atoms with Crippen LogP contribution in [-0.2, 0) is 4.57 Å². The van der Waals surface area contributed by atoms with Gasteiger partial charge in [0.1, 0.15) is 0 Å². The molecule has 3 atom stereocenters. The summed E-state index contributed by atoms with van der Waals surface area (Å²) < 4.78 is 23.8. The Morgan fingerprint density at radius 3 is 2.73 bits per heavy atom. The average Bonchev–Trinajstić information content (AvgIpc) is 2.25. The molecule has 62 valence electrons. The van der Waals surface area contributed by atoms with Crippen molar-refractivity contribution in [3.8, 4) is 12.3 Å². The van der Waals surface area contributed by atoms with E-state index >= 15 is 0 Å². The Kier molecular flexibility index (Phi) is 2.40. The molecule has 0 bridgehead atoms. The van der Waals surface area contributed by atoms with Crippen LogP contribution in [0.1, 0.15) is 0 Å². The maximum atomic E-state index is 12.3. The molecule has 1 heterocycles. The highest BCUT2D eigenvalue weighted by atomic mass is 31.2. The minimum absolute atomic E-state index is 0.0872. The summed E-state index contributed by atoms with van der Waals surface area (Å²) in [6.07, 6.45) is 6.22. The van der Waals surface area contributed by atoms with Gasteiger partial charge in [0.15, 0.2) is 0 Å². The molecule has 1 nitrogen and oxygen atoms in total. The highest BCUT2D eigenvalue weighted by Gasteiger charge is 2.37. The fraction of sp³-hybridized carbons (Fsp3) is 0.750. The second-order valence-electron chi connectivity index (χ2n) is 3.35. The molecular formula is C8H12FOP. The fourth-order valence-electron chi connectivity index (χ4n) is 1.61. The summed E-state index contributed by atoms with van der Waals surface area (Å²) in [5.41, 5.74) is 0. The van der Waals surface area contributed by atoms with E-state index < -0.39 is 13.8 Å². The van der Waals surface area contributed by atoms with Crippen molar-refractivity contribution in [2.75, 3.05) is 25.7 Å². The Labute approximate surface area is 66.7 Å². The Bertz CT molecular complexity index is 231. The minimum Gasteiger partial charge on any atom is -0.324 e. The third-order valence-electron chi connectivity index (χ3n) is 2.18. The van der Waals surface area contributed by atoms with E-state index in [0.29, 0.717) is 12.3 Å². The first-order valence-electron chi connectivity index (χ1n) is 3.66. The summed E-state index contributed by atoms with van der Waals surface area (Å²) in [4.78, 5) is 0. The van der Waals surface area contributed by atoms with Gasteiger partial charge in [-0.3, -0.25) is 4.39 Å². The minimum atomic E-state index is -2.07. The van der Waals surface area contributed by atoms with Gasteiger partial charge < -0.3 is 4.57 Å². The normalized spacial score (nSPS) is 43.7. The number of terminal acetylenes is 1. The Morgan fingerprint density at radius 2 is 2.36 bits per heavy atom. The molecule has 3 unspecified atom stereocenters. The van der Waals surface area contributed by atoms with Crippen LogP contribution in [0.25, 0.3) is 0 Å². The Morgan fingerprint density at radius 1 is 1.73 bits per heavy atom. The summed E-state index contributed by atoms with van der Waals surface area (Å²) in [5, 5.41) is 0. The van der Waals surface area contributed by atoms with E-state index in [1.165, 1.54) is 0 Å². The second-order valence-corrected chi connectivity index (χ2v) is 6.67. The van der Waals surface area contributed by atoms with Crippen molar-refractivity contribution in [1.29, 1.82) is 0 Å². The third kappa shape index (κ3) is 1.84. The number of hydrogen-bond acceptors (Lipinski definition) is 1. The molecule has 0 aromatic rings. The molecule has 1 aliphatic heterocycles. The third-order valence-corrected chi connectivity index (χ3v) is 4.59. The lowest BCUT2D eigenvalue weighted by atomic mass is 9.99. The lowest BCUT2D eigenvalue weighted by Gasteiger charge is -2.06. The molecule has 1 aliphatic rings. The zero-order valence-electron chi connectivity index (χ0n) is 6.59. The highest BCUT2D eigenvalue weighted by molar-refractivity contribution is 7.63. The van der Waals surface area contributed by atoms with Crippen LogP contribution in [0.5, 0.6) is 0 Å². The van der Waals surface area contributed by atoms with Crippen LogP contribution in [0.4, 0.5) is 4.39 Å². The molecule has 3 heteroatoms. The van der Waals surface area contributed by atoms with E-state index in [-0.39, 0.29) is 11.8 Å². The van der Waals surface area contributed by atoms with Gasteiger partial charge in [-0.2, -0.15) is 0 Å². The van der Waals surface area contributed by atoms with Gasteiger partial charge in [0, 0.05) is 24.2 Å². The second kappa shape index (κ2) is 2.99. The smallest absolute Gasteiger partial charge is 0.0939 e. The molecule has 0 N–H and O–H groups in total. The van der Waals surface area contributed by atoms with Gasteiger partial charge in [-0.05, 0) is 6.66 Å². The van der Waals surface area contributed by atoms with E-state index in [9.17, 15) is 8.96 Å². The first kappa shape index (κ1) is 8.81. The number of hydrogen-bond donors (Lipinski definition) is 0. The highest BCUT2D eigenvalue weighted by Crippen LogP contribution is 2.53. The Balaban J connectivity index is 2.72. The van der Waals surface area contributed by atoms with E-state index in [1.54, 1.807) is 6.66 Å². The predicted molar refractivity (Wildman–Crippen MR) is 45.1 cm³/mol. The molecule has 0 aromatic carbocycles. The van der Waals surface area contributed by atoms with Crippen LogP contribution in [-0.4, -0.2) is 25.7 Å². The topological polar surface area (TPSA) is 17.1 Å². The van der Waals surface area contributed by atoms with Crippen molar-refractivity contribution < 1.29 is 8.96 Å². The maximum Gasteiger partial charge on any atom is 0.0939 e. The molecular weight excluding hydrogens is 162 g/mol. The van der Waals surface area contributed by atoms with E-state index in [4.69, 9.17) is 6.42 Å². The van der Waals surface area contributed by atoms with Gasteiger partial charge in [0.25, 0.3) is 0 Å². The van der Waals surface area contributed by atoms with Gasteiger partial charge in [0.05, 0.1) is 13.8 Å². The summed E-state index contributed by atoms with van der Waals surface area (Å²) in [7, 11) is -2.07. The van der Waals surface area contributed by atoms with Crippen molar-refractivity contribution in [2.45, 2.75) is 0 Å². The molecule has 11 heavy (non-hydrogen) atoms. The zero-order valence-corrected chi connectivity index (χ0v) is 7.48. The summed E-state index contributed by atoms with van der Waals surface area (Å²) in [5.74, 6) is 2.28. The summed E-state index contributed by atoms with van der Waals surface area (Å²) >= 11 is 0. The molecule has 0 spiro atoms. The first-order chi connectivity index (χ1) is 5.09. The van der Waals surface area contributed by atoms with Gasteiger partial charge in [-0.15, -0.1) is 12.3 Å². The molecule has 0 radical (unpaired) electrons. The monoisotopic (exact) mass is 174 g/mol. The fourth-order valence-corrected chi connectivity index (χ4v) is 4.34. The summed E-state index contributed by atoms with van der Waals surface area (Å²) in [6, 6.07) is 0. The number of alkyl halides is 1. The van der Waals surface area contributed by atoms with Crippen LogP contribution >= 0.6 is 7.14 Å². The van der Waals surface area contributed by atoms with Gasteiger partial charge in [-0.1, -0.05) is 0 Å². The van der Waals surface area contributed by atoms with Crippen LogP contribution in [0.3, 0.4) is 0 Å². The van der Waals surface area contributed by atoms with Crippen LogP contribution < -0.4 is 0 Å². The summed E-state index contributed by atoms with van der Waals surface area (Å²) in [6.45, 7) is 1.29. The molecule has 1 fully saturated rings. The van der Waals surface area contributed by atoms with E-state index in [2.05, 4.69) is 5.92 Å². The van der Waals surface area contributed by atoms with Crippen molar-refractivity contribution in [1.82, 2.24) is 0 Å². The lowest BCUT2D eigenvalue weighted by Crippen LogP contribution is -2.11. The van der Waals surface area contributed by atoms with E-state index in [1.807, 2.05) is 0 Å². The van der Waals surface area contributed by atoms with E-state index in [0.717, 1.165) is 0 Å². The molecule has 0 saturated carbocycles. The van der Waals surface area contributed by atoms with Gasteiger partial charge in [0.2, 0.25) is 0 Å². The van der Waals surface area contributed by atoms with Crippen molar-refractivity contribution in [3.05, 3.63) is 0 Å². The molecule has 1 saturated heterocycles. The first-order valence-corrected chi connectivity index (χ1v) is 6.19. The molecule has 1 rings (SSSR count). The molecule has 0 amide bonds. The zero-order chi connectivity index (χ0) is 8.48. The standard InChI is InChI=1S/C8H12FOP/c1-3-7-5-11(2,10)6-8(7)4-9/h1,7-8H,4-6H2,2H3. The van der Waals surface area contributed by atoms with Crippen molar-refractivity contribution >= 4 is 7.14 Å². The van der Waals surface area contributed by atoms with Crippen LogP contribution in [0.2, 0.25) is 0 Å². The SMILES string of the molecule is C#CC1CP(C)(=O)CC1CF.